The lowest BCUT2D eigenvalue weighted by Crippen LogP contribution is -2.47. The van der Waals surface area contributed by atoms with Crippen molar-refractivity contribution in [1.82, 2.24) is 9.97 Å². The standard InChI is InChI=1S/C21H24N4OS/c1-14-2-7-17-18(12-14)27-21-19(17)20(22-13-23-21)25-10-8-24(9-11-25)15-3-5-16(26)6-4-15/h3-6,13-14,26H,2,7-12H2,1H3. The molecule has 2 aromatic heterocycles. The summed E-state index contributed by atoms with van der Waals surface area (Å²) in [5, 5.41) is 10.8. The summed E-state index contributed by atoms with van der Waals surface area (Å²) in [5.74, 6) is 2.21. The molecular weight excluding hydrogens is 356 g/mol. The fourth-order valence-corrected chi connectivity index (χ4v) is 5.68. The molecule has 1 N–H and O–H groups in total. The minimum Gasteiger partial charge on any atom is -0.508 e. The number of anilines is 2. The van der Waals surface area contributed by atoms with Gasteiger partial charge in [-0.3, -0.25) is 0 Å². The first-order valence-corrected chi connectivity index (χ1v) is 10.5. The number of hydrogen-bond acceptors (Lipinski definition) is 6. The van der Waals surface area contributed by atoms with Gasteiger partial charge in [-0.25, -0.2) is 9.97 Å². The molecule has 1 unspecified atom stereocenters. The predicted molar refractivity (Wildman–Crippen MR) is 111 cm³/mol. The minimum atomic E-state index is 0.317. The van der Waals surface area contributed by atoms with Gasteiger partial charge in [-0.1, -0.05) is 6.92 Å². The van der Waals surface area contributed by atoms with E-state index in [0.717, 1.165) is 49.2 Å². The minimum absolute atomic E-state index is 0.317. The molecule has 0 amide bonds. The zero-order chi connectivity index (χ0) is 18.4. The molecule has 0 spiro atoms. The number of benzene rings is 1. The van der Waals surface area contributed by atoms with E-state index >= 15 is 0 Å². The number of aromatic nitrogens is 2. The summed E-state index contributed by atoms with van der Waals surface area (Å²) >= 11 is 1.87. The van der Waals surface area contributed by atoms with E-state index in [-0.39, 0.29) is 0 Å². The number of piperazine rings is 1. The number of aryl methyl sites for hydroxylation is 1. The van der Waals surface area contributed by atoms with Crippen molar-refractivity contribution in [3.63, 3.8) is 0 Å². The molecule has 1 atom stereocenters. The molecule has 3 heterocycles. The monoisotopic (exact) mass is 380 g/mol. The molecule has 1 saturated heterocycles. The highest BCUT2D eigenvalue weighted by Crippen LogP contribution is 2.40. The van der Waals surface area contributed by atoms with Crippen LogP contribution in [-0.4, -0.2) is 41.3 Å². The Labute approximate surface area is 163 Å². The number of nitrogens with zero attached hydrogens (tertiary/aromatic N) is 4. The molecule has 3 aromatic rings. The van der Waals surface area contributed by atoms with Crippen LogP contribution >= 0.6 is 11.3 Å². The third-order valence-corrected chi connectivity index (χ3v) is 7.03. The van der Waals surface area contributed by atoms with Crippen molar-refractivity contribution in [3.05, 3.63) is 41.0 Å². The Hall–Kier alpha value is -2.34. The van der Waals surface area contributed by atoms with E-state index in [0.29, 0.717) is 5.75 Å². The second-order valence-electron chi connectivity index (χ2n) is 7.72. The molecule has 5 rings (SSSR count). The summed E-state index contributed by atoms with van der Waals surface area (Å²) in [6.07, 6.45) is 5.34. The number of thiophene rings is 1. The number of rotatable bonds is 2. The topological polar surface area (TPSA) is 52.5 Å². The summed E-state index contributed by atoms with van der Waals surface area (Å²) in [6.45, 7) is 6.17. The zero-order valence-corrected chi connectivity index (χ0v) is 16.4. The summed E-state index contributed by atoms with van der Waals surface area (Å²) in [7, 11) is 0. The molecule has 5 nitrogen and oxygen atoms in total. The van der Waals surface area contributed by atoms with Gasteiger partial charge in [-0.05, 0) is 55.0 Å². The Morgan fingerprint density at radius 3 is 2.56 bits per heavy atom. The first-order valence-electron chi connectivity index (χ1n) is 9.73. The molecule has 1 aromatic carbocycles. The van der Waals surface area contributed by atoms with Gasteiger partial charge in [0.15, 0.2) is 0 Å². The molecular formula is C21H24N4OS. The molecule has 0 radical (unpaired) electrons. The lowest BCUT2D eigenvalue weighted by molar-refractivity contribution is 0.475. The van der Waals surface area contributed by atoms with Crippen LogP contribution in [0, 0.1) is 5.92 Å². The Balaban J connectivity index is 1.41. The lowest BCUT2D eigenvalue weighted by Gasteiger charge is -2.37. The second-order valence-corrected chi connectivity index (χ2v) is 8.80. The SMILES string of the molecule is CC1CCc2c(sc3ncnc(N4CCN(c5ccc(O)cc5)CC4)c23)C1. The van der Waals surface area contributed by atoms with Gasteiger partial charge in [0.25, 0.3) is 0 Å². The quantitative estimate of drug-likeness (QED) is 0.732. The van der Waals surface area contributed by atoms with Crippen LogP contribution in [0.1, 0.15) is 23.8 Å². The van der Waals surface area contributed by atoms with Gasteiger partial charge >= 0.3 is 0 Å². The van der Waals surface area contributed by atoms with Gasteiger partial charge in [0.2, 0.25) is 0 Å². The first kappa shape index (κ1) is 16.8. The van der Waals surface area contributed by atoms with Crippen molar-refractivity contribution in [2.45, 2.75) is 26.2 Å². The van der Waals surface area contributed by atoms with Gasteiger partial charge in [0.05, 0.1) is 5.39 Å². The molecule has 0 bridgehead atoms. The molecule has 2 aliphatic rings. The fourth-order valence-electron chi connectivity index (χ4n) is 4.34. The largest absolute Gasteiger partial charge is 0.508 e. The third kappa shape index (κ3) is 3.02. The van der Waals surface area contributed by atoms with Gasteiger partial charge in [0.1, 0.15) is 22.7 Å². The summed E-state index contributed by atoms with van der Waals surface area (Å²) in [5.41, 5.74) is 2.67. The second kappa shape index (κ2) is 6.68. The van der Waals surface area contributed by atoms with Crippen LogP contribution in [0.2, 0.25) is 0 Å². The Morgan fingerprint density at radius 2 is 1.78 bits per heavy atom. The number of phenolic OH excluding ortho intramolecular Hbond substituents is 1. The van der Waals surface area contributed by atoms with Gasteiger partial charge in [-0.2, -0.15) is 0 Å². The van der Waals surface area contributed by atoms with Gasteiger partial charge < -0.3 is 14.9 Å². The van der Waals surface area contributed by atoms with Crippen molar-refractivity contribution in [2.24, 2.45) is 5.92 Å². The third-order valence-electron chi connectivity index (χ3n) is 5.87. The molecule has 27 heavy (non-hydrogen) atoms. The van der Waals surface area contributed by atoms with E-state index in [9.17, 15) is 5.11 Å². The van der Waals surface area contributed by atoms with Crippen LogP contribution in [-0.2, 0) is 12.8 Å². The maximum atomic E-state index is 9.50. The van der Waals surface area contributed by atoms with Crippen molar-refractivity contribution < 1.29 is 5.11 Å². The molecule has 1 aliphatic heterocycles. The van der Waals surface area contributed by atoms with Crippen molar-refractivity contribution in [1.29, 1.82) is 0 Å². The molecule has 1 fully saturated rings. The smallest absolute Gasteiger partial charge is 0.141 e. The van der Waals surface area contributed by atoms with Crippen molar-refractivity contribution in [3.8, 4) is 5.75 Å². The summed E-state index contributed by atoms with van der Waals surface area (Å²) in [4.78, 5) is 16.8. The van der Waals surface area contributed by atoms with Gasteiger partial charge in [-0.15, -0.1) is 11.3 Å². The van der Waals surface area contributed by atoms with Crippen molar-refractivity contribution in [2.75, 3.05) is 36.0 Å². The zero-order valence-electron chi connectivity index (χ0n) is 15.6. The van der Waals surface area contributed by atoms with E-state index in [4.69, 9.17) is 4.98 Å². The maximum Gasteiger partial charge on any atom is 0.141 e. The van der Waals surface area contributed by atoms with Crippen LogP contribution in [0.5, 0.6) is 5.75 Å². The van der Waals surface area contributed by atoms with Crippen molar-refractivity contribution >= 4 is 33.1 Å². The summed E-state index contributed by atoms with van der Waals surface area (Å²) < 4.78 is 0. The van der Waals surface area contributed by atoms with E-state index in [1.165, 1.54) is 34.4 Å². The first-order chi connectivity index (χ1) is 13.2. The fraction of sp³-hybridized carbons (Fsp3) is 0.429. The lowest BCUT2D eigenvalue weighted by atomic mass is 9.89. The molecule has 1 aliphatic carbocycles. The highest BCUT2D eigenvalue weighted by molar-refractivity contribution is 7.19. The average Bonchev–Trinajstić information content (AvgIpc) is 3.06. The van der Waals surface area contributed by atoms with Crippen LogP contribution in [0.3, 0.4) is 0 Å². The molecule has 140 valence electrons. The van der Waals surface area contributed by atoms with E-state index in [2.05, 4.69) is 21.7 Å². The number of phenols is 1. The van der Waals surface area contributed by atoms with Gasteiger partial charge in [0, 0.05) is 36.7 Å². The van der Waals surface area contributed by atoms with E-state index < -0.39 is 0 Å². The average molecular weight is 381 g/mol. The van der Waals surface area contributed by atoms with Crippen LogP contribution in [0.4, 0.5) is 11.5 Å². The Bertz CT molecular complexity index is 960. The van der Waals surface area contributed by atoms with E-state index in [1.54, 1.807) is 18.5 Å². The van der Waals surface area contributed by atoms with E-state index in [1.807, 2.05) is 23.5 Å². The van der Waals surface area contributed by atoms with Crippen LogP contribution < -0.4 is 9.80 Å². The number of hydrogen-bond donors (Lipinski definition) is 1. The van der Waals surface area contributed by atoms with Crippen LogP contribution in [0.15, 0.2) is 30.6 Å². The number of fused-ring (bicyclic) bond motifs is 3. The molecule has 0 saturated carbocycles. The Morgan fingerprint density at radius 1 is 1.04 bits per heavy atom. The Kier molecular flexibility index (Phi) is 4.16. The normalized spacial score (nSPS) is 20.1. The molecule has 6 heteroatoms. The highest BCUT2D eigenvalue weighted by Gasteiger charge is 2.26. The van der Waals surface area contributed by atoms with Crippen LogP contribution in [0.25, 0.3) is 10.2 Å². The highest BCUT2D eigenvalue weighted by atomic mass is 32.1. The summed E-state index contributed by atoms with van der Waals surface area (Å²) in [6, 6.07) is 7.50. The maximum absolute atomic E-state index is 9.50. The predicted octanol–water partition coefficient (Wildman–Crippen LogP) is 3.85. The number of aromatic hydroxyl groups is 1.